The lowest BCUT2D eigenvalue weighted by Crippen LogP contribution is -2.11. The Hall–Kier alpha value is -2.23. The number of nitrogens with zero attached hydrogens (tertiary/aromatic N) is 3. The molecule has 0 unspecified atom stereocenters. The van der Waals surface area contributed by atoms with Gasteiger partial charge in [0.1, 0.15) is 5.65 Å². The molecular weight excluding hydrogens is 190 g/mol. The van der Waals surface area contributed by atoms with Gasteiger partial charge in [0.25, 0.3) is 5.56 Å². The summed E-state index contributed by atoms with van der Waals surface area (Å²) >= 11 is 0. The standard InChI is InChI=1S/C11H7N3O/c15-11-8-7-14-6-2-1-3-10(14)13-9(8)4-5-12-11/h1-7H. The second-order valence-corrected chi connectivity index (χ2v) is 3.26. The summed E-state index contributed by atoms with van der Waals surface area (Å²) < 4.78 is 1.81. The second-order valence-electron chi connectivity index (χ2n) is 3.26. The molecule has 0 saturated heterocycles. The SMILES string of the molecule is O=c1nccc2nc3ccccn3cc1-2. The summed E-state index contributed by atoms with van der Waals surface area (Å²) in [4.78, 5) is 19.5. The van der Waals surface area contributed by atoms with Crippen molar-refractivity contribution in [3.8, 4) is 11.3 Å². The Bertz CT molecular complexity index is 659. The van der Waals surface area contributed by atoms with Crippen molar-refractivity contribution in [2.24, 2.45) is 0 Å². The molecule has 0 bridgehead atoms. The summed E-state index contributed by atoms with van der Waals surface area (Å²) in [7, 11) is 0. The molecule has 0 aromatic carbocycles. The van der Waals surface area contributed by atoms with Crippen LogP contribution in [0.15, 0.2) is 47.7 Å². The van der Waals surface area contributed by atoms with Crippen LogP contribution in [0.5, 0.6) is 0 Å². The fraction of sp³-hybridized carbons (Fsp3) is 0. The van der Waals surface area contributed by atoms with Crippen molar-refractivity contribution in [3.63, 3.8) is 0 Å². The van der Waals surface area contributed by atoms with Gasteiger partial charge in [-0.3, -0.25) is 4.79 Å². The Morgan fingerprint density at radius 1 is 1.20 bits per heavy atom. The number of fused-ring (bicyclic) bond motifs is 2. The van der Waals surface area contributed by atoms with E-state index in [2.05, 4.69) is 9.97 Å². The molecule has 2 aliphatic heterocycles. The summed E-state index contributed by atoms with van der Waals surface area (Å²) in [5.41, 5.74) is 1.80. The third kappa shape index (κ3) is 1.19. The van der Waals surface area contributed by atoms with Crippen molar-refractivity contribution >= 4 is 5.65 Å². The van der Waals surface area contributed by atoms with Crippen molar-refractivity contribution in [3.05, 3.63) is 53.2 Å². The van der Waals surface area contributed by atoms with E-state index in [0.29, 0.717) is 11.3 Å². The van der Waals surface area contributed by atoms with E-state index in [1.165, 1.54) is 6.20 Å². The van der Waals surface area contributed by atoms with E-state index < -0.39 is 0 Å². The first kappa shape index (κ1) is 8.11. The summed E-state index contributed by atoms with van der Waals surface area (Å²) in [6.07, 6.45) is 5.10. The molecule has 0 N–H and O–H groups in total. The molecule has 1 aromatic heterocycles. The van der Waals surface area contributed by atoms with E-state index >= 15 is 0 Å². The van der Waals surface area contributed by atoms with Gasteiger partial charge in [-0.1, -0.05) is 6.07 Å². The van der Waals surface area contributed by atoms with Crippen molar-refractivity contribution in [2.75, 3.05) is 0 Å². The molecule has 0 fully saturated rings. The van der Waals surface area contributed by atoms with E-state index in [9.17, 15) is 4.79 Å². The smallest absolute Gasteiger partial charge is 0.280 e. The topological polar surface area (TPSA) is 47.3 Å². The molecule has 0 spiro atoms. The Morgan fingerprint density at radius 2 is 2.13 bits per heavy atom. The number of rotatable bonds is 0. The van der Waals surface area contributed by atoms with Crippen LogP contribution in [0, 0.1) is 0 Å². The minimum Gasteiger partial charge on any atom is -0.308 e. The molecule has 0 saturated carbocycles. The van der Waals surface area contributed by atoms with E-state index in [1.807, 2.05) is 28.8 Å². The van der Waals surface area contributed by atoms with Gasteiger partial charge in [-0.15, -0.1) is 0 Å². The molecule has 1 aromatic rings. The van der Waals surface area contributed by atoms with Crippen LogP contribution < -0.4 is 5.56 Å². The van der Waals surface area contributed by atoms with Crippen molar-refractivity contribution in [2.45, 2.75) is 0 Å². The highest BCUT2D eigenvalue weighted by molar-refractivity contribution is 5.61. The van der Waals surface area contributed by atoms with Crippen LogP contribution in [0.3, 0.4) is 0 Å². The molecule has 3 heterocycles. The highest BCUT2D eigenvalue weighted by Crippen LogP contribution is 2.14. The lowest BCUT2D eigenvalue weighted by atomic mass is 10.2. The van der Waals surface area contributed by atoms with E-state index in [0.717, 1.165) is 5.65 Å². The lowest BCUT2D eigenvalue weighted by Gasteiger charge is -2.05. The van der Waals surface area contributed by atoms with Crippen molar-refractivity contribution in [1.82, 2.24) is 14.4 Å². The Labute approximate surface area is 85.2 Å². The summed E-state index contributed by atoms with van der Waals surface area (Å²) in [6, 6.07) is 7.43. The maximum absolute atomic E-state index is 11.5. The van der Waals surface area contributed by atoms with E-state index in [-0.39, 0.29) is 5.56 Å². The van der Waals surface area contributed by atoms with Gasteiger partial charge in [0, 0.05) is 18.6 Å². The molecule has 4 nitrogen and oxygen atoms in total. The minimum atomic E-state index is -0.238. The Morgan fingerprint density at radius 3 is 3.07 bits per heavy atom. The number of pyridine rings is 2. The first-order valence-corrected chi connectivity index (χ1v) is 4.57. The van der Waals surface area contributed by atoms with Gasteiger partial charge in [-0.2, -0.15) is 0 Å². The van der Waals surface area contributed by atoms with E-state index in [4.69, 9.17) is 0 Å². The van der Waals surface area contributed by atoms with Gasteiger partial charge in [0.05, 0.1) is 11.3 Å². The zero-order valence-corrected chi connectivity index (χ0v) is 7.79. The van der Waals surface area contributed by atoms with Crippen molar-refractivity contribution in [1.29, 1.82) is 0 Å². The quantitative estimate of drug-likeness (QED) is 0.508. The van der Waals surface area contributed by atoms with Crippen LogP contribution in [0.25, 0.3) is 16.9 Å². The van der Waals surface area contributed by atoms with Gasteiger partial charge in [-0.05, 0) is 18.2 Å². The average molecular weight is 197 g/mol. The van der Waals surface area contributed by atoms with Crippen molar-refractivity contribution < 1.29 is 0 Å². The van der Waals surface area contributed by atoms with E-state index in [1.54, 1.807) is 12.3 Å². The molecule has 15 heavy (non-hydrogen) atoms. The van der Waals surface area contributed by atoms with Crippen LogP contribution in [-0.2, 0) is 0 Å². The monoisotopic (exact) mass is 197 g/mol. The van der Waals surface area contributed by atoms with Gasteiger partial charge >= 0.3 is 0 Å². The molecule has 72 valence electrons. The lowest BCUT2D eigenvalue weighted by molar-refractivity contribution is 1.08. The molecule has 0 amide bonds. The predicted molar refractivity (Wildman–Crippen MR) is 55.9 cm³/mol. The fourth-order valence-corrected chi connectivity index (χ4v) is 1.58. The zero-order valence-electron chi connectivity index (χ0n) is 7.79. The van der Waals surface area contributed by atoms with Crippen LogP contribution in [0.1, 0.15) is 0 Å². The van der Waals surface area contributed by atoms with Crippen LogP contribution in [0.4, 0.5) is 0 Å². The molecule has 4 heteroatoms. The summed E-state index contributed by atoms with van der Waals surface area (Å²) in [5.74, 6) is 0. The predicted octanol–water partition coefficient (Wildman–Crippen LogP) is 1.19. The average Bonchev–Trinajstić information content (AvgIpc) is 2.27. The molecule has 0 aliphatic carbocycles. The Kier molecular flexibility index (Phi) is 1.56. The molecule has 0 radical (unpaired) electrons. The number of hydrogen-bond acceptors (Lipinski definition) is 3. The zero-order chi connectivity index (χ0) is 10.3. The molecule has 3 rings (SSSR count). The number of hydrogen-bond donors (Lipinski definition) is 0. The maximum atomic E-state index is 11.5. The van der Waals surface area contributed by atoms with Gasteiger partial charge < -0.3 is 4.40 Å². The van der Waals surface area contributed by atoms with Gasteiger partial charge in [-0.25, -0.2) is 9.97 Å². The fourth-order valence-electron chi connectivity index (χ4n) is 1.58. The highest BCUT2D eigenvalue weighted by Gasteiger charge is 2.08. The third-order valence-electron chi connectivity index (χ3n) is 2.30. The molecule has 0 atom stereocenters. The maximum Gasteiger partial charge on any atom is 0.280 e. The largest absolute Gasteiger partial charge is 0.308 e. The van der Waals surface area contributed by atoms with Crippen LogP contribution in [0.2, 0.25) is 0 Å². The third-order valence-corrected chi connectivity index (χ3v) is 2.30. The Balaban J connectivity index is 2.54. The summed E-state index contributed by atoms with van der Waals surface area (Å²) in [5, 5.41) is 0. The summed E-state index contributed by atoms with van der Waals surface area (Å²) in [6.45, 7) is 0. The number of aromatic nitrogens is 3. The van der Waals surface area contributed by atoms with Gasteiger partial charge in [0.2, 0.25) is 0 Å². The molecular formula is C11H7N3O. The first-order valence-electron chi connectivity index (χ1n) is 4.57. The van der Waals surface area contributed by atoms with Gasteiger partial charge in [0.15, 0.2) is 0 Å². The second kappa shape index (κ2) is 2.88. The van der Waals surface area contributed by atoms with Crippen LogP contribution >= 0.6 is 0 Å². The molecule has 2 aliphatic rings. The van der Waals surface area contributed by atoms with Crippen LogP contribution in [-0.4, -0.2) is 14.4 Å². The first-order chi connectivity index (χ1) is 7.34. The highest BCUT2D eigenvalue weighted by atomic mass is 16.1. The normalized spacial score (nSPS) is 10.9. The minimum absolute atomic E-state index is 0.238.